The number of hydrogen-bond donors (Lipinski definition) is 2. The van der Waals surface area contributed by atoms with Crippen LogP contribution in [0.1, 0.15) is 35.6 Å². The van der Waals surface area contributed by atoms with Crippen LogP contribution >= 0.6 is 12.4 Å². The number of nitrogens with one attached hydrogen (secondary N) is 2. The van der Waals surface area contributed by atoms with Crippen molar-refractivity contribution in [3.63, 3.8) is 0 Å². The number of benzene rings is 1. The summed E-state index contributed by atoms with van der Waals surface area (Å²) in [7, 11) is 1.80. The third-order valence-electron chi connectivity index (χ3n) is 4.80. The smallest absolute Gasteiger partial charge is 0.349 e. The van der Waals surface area contributed by atoms with Gasteiger partial charge in [0.2, 0.25) is 5.91 Å². The van der Waals surface area contributed by atoms with Crippen molar-refractivity contribution in [2.45, 2.75) is 25.1 Å². The number of aryl methyl sites for hydroxylation is 1. The fourth-order valence-corrected chi connectivity index (χ4v) is 3.47. The highest BCUT2D eigenvalue weighted by atomic mass is 35.5. The number of hydrogen-bond acceptors (Lipinski definition) is 3. The summed E-state index contributed by atoms with van der Waals surface area (Å²) in [4.78, 5) is 12.7. The lowest BCUT2D eigenvalue weighted by Gasteiger charge is -2.23. The molecule has 1 saturated heterocycles. The van der Waals surface area contributed by atoms with E-state index in [9.17, 15) is 18.0 Å². The van der Waals surface area contributed by atoms with Gasteiger partial charge in [0.1, 0.15) is 0 Å². The van der Waals surface area contributed by atoms with Crippen molar-refractivity contribution in [3.05, 3.63) is 53.3 Å². The molecule has 0 bridgehead atoms. The summed E-state index contributed by atoms with van der Waals surface area (Å²) < 4.78 is 41.3. The number of aromatic nitrogens is 2. The van der Waals surface area contributed by atoms with Crippen LogP contribution in [-0.4, -0.2) is 28.8 Å². The van der Waals surface area contributed by atoms with Crippen LogP contribution in [0.3, 0.4) is 0 Å². The van der Waals surface area contributed by atoms with Gasteiger partial charge in [0.25, 0.3) is 0 Å². The highest BCUT2D eigenvalue weighted by Gasteiger charge is 2.37. The molecule has 3 atom stereocenters. The number of halogens is 4. The Hall–Kier alpha value is -2.06. The zero-order valence-electron chi connectivity index (χ0n) is 15.0. The predicted octanol–water partition coefficient (Wildman–Crippen LogP) is 3.04. The van der Waals surface area contributed by atoms with Gasteiger partial charge in [-0.15, -0.1) is 12.4 Å². The number of amides is 1. The maximum absolute atomic E-state index is 13.2. The highest BCUT2D eigenvalue weighted by Crippen LogP contribution is 2.35. The van der Waals surface area contributed by atoms with Crippen LogP contribution < -0.4 is 10.6 Å². The van der Waals surface area contributed by atoms with Gasteiger partial charge in [0, 0.05) is 32.3 Å². The van der Waals surface area contributed by atoms with Crippen LogP contribution in [0.4, 0.5) is 13.2 Å². The van der Waals surface area contributed by atoms with Gasteiger partial charge in [-0.3, -0.25) is 9.48 Å². The van der Waals surface area contributed by atoms with Gasteiger partial charge in [0.05, 0.1) is 23.7 Å². The first kappa shape index (κ1) is 21.2. The first-order chi connectivity index (χ1) is 12.3. The molecule has 2 heterocycles. The molecule has 2 aromatic rings. The zero-order valence-corrected chi connectivity index (χ0v) is 15.8. The van der Waals surface area contributed by atoms with Crippen LogP contribution in [0.15, 0.2) is 36.7 Å². The lowest BCUT2D eigenvalue weighted by atomic mass is 9.89. The van der Waals surface area contributed by atoms with Crippen LogP contribution in [-0.2, 0) is 18.0 Å². The molecule has 1 amide bonds. The first-order valence-corrected chi connectivity index (χ1v) is 8.43. The van der Waals surface area contributed by atoms with Gasteiger partial charge in [0.15, 0.2) is 0 Å². The van der Waals surface area contributed by atoms with Gasteiger partial charge in [-0.05, 0) is 24.1 Å². The van der Waals surface area contributed by atoms with Gasteiger partial charge in [-0.25, -0.2) is 0 Å². The lowest BCUT2D eigenvalue weighted by Crippen LogP contribution is -2.36. The zero-order chi connectivity index (χ0) is 18.9. The molecule has 1 aliphatic rings. The van der Waals surface area contributed by atoms with E-state index in [2.05, 4.69) is 15.7 Å². The molecule has 2 N–H and O–H groups in total. The van der Waals surface area contributed by atoms with E-state index in [-0.39, 0.29) is 35.7 Å². The van der Waals surface area contributed by atoms with Gasteiger partial charge in [-0.2, -0.15) is 18.3 Å². The average Bonchev–Trinajstić information content (AvgIpc) is 3.22. The second-order valence-corrected chi connectivity index (χ2v) is 6.63. The van der Waals surface area contributed by atoms with Crippen LogP contribution in [0.5, 0.6) is 0 Å². The molecule has 0 spiro atoms. The second-order valence-electron chi connectivity index (χ2n) is 6.63. The molecule has 1 aromatic carbocycles. The molecule has 1 unspecified atom stereocenters. The van der Waals surface area contributed by atoms with Crippen molar-refractivity contribution in [3.8, 4) is 0 Å². The maximum atomic E-state index is 13.2. The molecule has 1 aromatic heterocycles. The van der Waals surface area contributed by atoms with Gasteiger partial charge in [-0.1, -0.05) is 18.2 Å². The summed E-state index contributed by atoms with van der Waals surface area (Å²) >= 11 is 0. The summed E-state index contributed by atoms with van der Waals surface area (Å²) in [5.74, 6) is -0.651. The molecule has 0 saturated carbocycles. The van der Waals surface area contributed by atoms with Gasteiger partial charge < -0.3 is 10.6 Å². The van der Waals surface area contributed by atoms with Crippen molar-refractivity contribution < 1.29 is 18.0 Å². The standard InChI is InChI=1S/C18H21F3N4O.ClH/c1-11(13-5-3-4-6-16(13)18(19,20)21)24-17(26)15-9-22-8-14(15)12-7-23-25(2)10-12;/h3-7,10-11,14-15,22H,8-9H2,1-2H3,(H,24,26);1H/t11?,14-,15+;/m1./s1. The first-order valence-electron chi connectivity index (χ1n) is 8.43. The number of rotatable bonds is 4. The van der Waals surface area contributed by atoms with E-state index in [1.807, 2.05) is 6.20 Å². The third-order valence-corrected chi connectivity index (χ3v) is 4.80. The van der Waals surface area contributed by atoms with Crippen LogP contribution in [0, 0.1) is 5.92 Å². The number of nitrogens with zero attached hydrogens (tertiary/aromatic N) is 2. The Balaban J connectivity index is 0.00000261. The minimum absolute atomic E-state index is 0. The Morgan fingerprint density at radius 3 is 2.67 bits per heavy atom. The summed E-state index contributed by atoms with van der Waals surface area (Å²) in [5, 5.41) is 10.1. The summed E-state index contributed by atoms with van der Waals surface area (Å²) in [5.41, 5.74) is 0.291. The van der Waals surface area contributed by atoms with Crippen LogP contribution in [0.2, 0.25) is 0 Å². The minimum atomic E-state index is -4.46. The van der Waals surface area contributed by atoms with Crippen LogP contribution in [0.25, 0.3) is 0 Å². The van der Waals surface area contributed by atoms with Crippen molar-refractivity contribution in [1.29, 1.82) is 0 Å². The maximum Gasteiger partial charge on any atom is 0.416 e. The molecule has 0 aliphatic carbocycles. The number of alkyl halides is 3. The molecule has 0 radical (unpaired) electrons. The van der Waals surface area contributed by atoms with Crippen molar-refractivity contribution >= 4 is 18.3 Å². The molecule has 148 valence electrons. The Bertz CT molecular complexity index is 793. The summed E-state index contributed by atoms with van der Waals surface area (Å²) in [6, 6.07) is 4.59. The second kappa shape index (κ2) is 8.31. The van der Waals surface area contributed by atoms with Gasteiger partial charge >= 0.3 is 6.18 Å². The Labute approximate surface area is 161 Å². The molecule has 9 heteroatoms. The normalized spacial score (nSPS) is 20.8. The summed E-state index contributed by atoms with van der Waals surface area (Å²) in [6.07, 6.45) is -0.872. The van der Waals surface area contributed by atoms with Crippen molar-refractivity contribution in [2.75, 3.05) is 13.1 Å². The molecular weight excluding hydrogens is 381 g/mol. The van der Waals surface area contributed by atoms with E-state index in [4.69, 9.17) is 0 Å². The fraction of sp³-hybridized carbons (Fsp3) is 0.444. The molecule has 3 rings (SSSR count). The molecule has 27 heavy (non-hydrogen) atoms. The molecule has 1 fully saturated rings. The Morgan fingerprint density at radius 1 is 1.33 bits per heavy atom. The third kappa shape index (κ3) is 4.62. The van der Waals surface area contributed by atoms with E-state index in [0.29, 0.717) is 13.1 Å². The minimum Gasteiger partial charge on any atom is -0.349 e. The van der Waals surface area contributed by atoms with E-state index >= 15 is 0 Å². The molecule has 1 aliphatic heterocycles. The molecule has 5 nitrogen and oxygen atoms in total. The number of carbonyl (C=O) groups is 1. The molecular formula is C18H22ClF3N4O. The Kier molecular flexibility index (Phi) is 6.54. The topological polar surface area (TPSA) is 59.0 Å². The Morgan fingerprint density at radius 2 is 2.04 bits per heavy atom. The predicted molar refractivity (Wildman–Crippen MR) is 97.6 cm³/mol. The van der Waals surface area contributed by atoms with Crippen molar-refractivity contribution in [1.82, 2.24) is 20.4 Å². The quantitative estimate of drug-likeness (QED) is 0.826. The monoisotopic (exact) mass is 402 g/mol. The summed E-state index contributed by atoms with van der Waals surface area (Å²) in [6.45, 7) is 2.69. The highest BCUT2D eigenvalue weighted by molar-refractivity contribution is 5.85. The number of carbonyl (C=O) groups excluding carboxylic acids is 1. The fourth-order valence-electron chi connectivity index (χ4n) is 3.47. The van der Waals surface area contributed by atoms with E-state index in [1.54, 1.807) is 30.9 Å². The largest absolute Gasteiger partial charge is 0.416 e. The van der Waals surface area contributed by atoms with Crippen molar-refractivity contribution in [2.24, 2.45) is 13.0 Å². The van der Waals surface area contributed by atoms with E-state index in [1.165, 1.54) is 12.1 Å². The average molecular weight is 403 g/mol. The van der Waals surface area contributed by atoms with E-state index in [0.717, 1.165) is 11.6 Å². The van der Waals surface area contributed by atoms with E-state index < -0.39 is 17.8 Å². The SMILES string of the molecule is CC(NC(=O)[C@H]1CNC[C@@H]1c1cnn(C)c1)c1ccccc1C(F)(F)F.Cl. The lowest BCUT2D eigenvalue weighted by molar-refractivity contribution is -0.139.